The quantitative estimate of drug-likeness (QED) is 0.122. The Morgan fingerprint density at radius 1 is 0.264 bits per heavy atom. The predicted molar refractivity (Wildman–Crippen MR) is 604 cm³/mol. The summed E-state index contributed by atoms with van der Waals surface area (Å²) in [5.41, 5.74) is 39.4. The van der Waals surface area contributed by atoms with Crippen molar-refractivity contribution >= 4 is 92.5 Å². The number of nitrogens with zero attached hydrogens (tertiary/aromatic N) is 5. The van der Waals surface area contributed by atoms with Crippen LogP contribution in [0.5, 0.6) is 0 Å². The van der Waals surface area contributed by atoms with Crippen LogP contribution >= 0.6 is 11.3 Å². The molecule has 25 rings (SSSR count). The first kappa shape index (κ1) is 94.7. The monoisotopic (exact) mass is 1840 g/mol. The predicted octanol–water partition coefficient (Wildman–Crippen LogP) is 38.4. The van der Waals surface area contributed by atoms with E-state index >= 15 is 0 Å². The van der Waals surface area contributed by atoms with Crippen molar-refractivity contribution in [3.63, 3.8) is 0 Å². The van der Waals surface area contributed by atoms with Gasteiger partial charge in [-0.05, 0) is 251 Å². The summed E-state index contributed by atoms with van der Waals surface area (Å²) in [6.45, 7) is 36.1. The maximum absolute atomic E-state index is 4.90. The zero-order chi connectivity index (χ0) is 97.0. The van der Waals surface area contributed by atoms with Crippen molar-refractivity contribution in [2.75, 3.05) is 0 Å². The molecule has 698 valence electrons. The molecule has 6 heteroatoms. The third kappa shape index (κ3) is 18.9. The molecule has 0 N–H and O–H groups in total. The molecule has 0 radical (unpaired) electrons. The lowest BCUT2D eigenvalue weighted by Crippen LogP contribution is -2.28. The molecule has 0 unspecified atom stereocenters. The third-order valence-electron chi connectivity index (χ3n) is 29.2. The number of para-hydroxylation sites is 8. The van der Waals surface area contributed by atoms with Gasteiger partial charge >= 0.3 is 0 Å². The van der Waals surface area contributed by atoms with Crippen molar-refractivity contribution < 1.29 is 0 Å². The van der Waals surface area contributed by atoms with E-state index in [-0.39, 0.29) is 5.41 Å². The van der Waals surface area contributed by atoms with E-state index in [9.17, 15) is 0 Å². The average molecular weight is 1840 g/mol. The minimum Gasteiger partial charge on any atom is -0.309 e. The summed E-state index contributed by atoms with van der Waals surface area (Å²) in [5, 5.41) is 9.24. The van der Waals surface area contributed by atoms with Crippen molar-refractivity contribution in [3.8, 4) is 72.4 Å². The van der Waals surface area contributed by atoms with Crippen LogP contribution in [0.2, 0.25) is 0 Å². The van der Waals surface area contributed by atoms with Crippen LogP contribution in [0, 0.1) is 5.92 Å². The zero-order valence-electron chi connectivity index (χ0n) is 84.3. The van der Waals surface area contributed by atoms with Gasteiger partial charge in [0.2, 0.25) is 0 Å². The number of hydrogen-bond acceptors (Lipinski definition) is 3. The Hall–Kier alpha value is -14.3. The minimum absolute atomic E-state index is 0.218. The molecule has 140 heavy (non-hydrogen) atoms. The molecule has 0 aliphatic heterocycles. The number of allylic oxidation sites excluding steroid dienone is 2. The van der Waals surface area contributed by atoms with E-state index in [1.807, 2.05) is 18.2 Å². The highest BCUT2D eigenvalue weighted by atomic mass is 32.1. The molecule has 1 spiro atoms. The fraction of sp³-hybridized carbons (Fsp3) is 0.224. The number of thiazole rings is 1. The second-order valence-electron chi connectivity index (χ2n) is 41.2. The van der Waals surface area contributed by atoms with Crippen molar-refractivity contribution in [3.05, 3.63) is 456 Å². The minimum atomic E-state index is 0.218. The molecule has 0 bridgehead atoms. The number of hydrogen-bond donors (Lipinski definition) is 0. The van der Waals surface area contributed by atoms with E-state index in [1.54, 1.807) is 22.5 Å². The van der Waals surface area contributed by atoms with E-state index < -0.39 is 0 Å². The molecule has 5 nitrogen and oxygen atoms in total. The van der Waals surface area contributed by atoms with E-state index in [1.165, 1.54) is 192 Å². The van der Waals surface area contributed by atoms with Gasteiger partial charge in [-0.1, -0.05) is 439 Å². The average Bonchev–Trinajstić information content (AvgIpc) is 1.56. The topological polar surface area (TPSA) is 40.6 Å². The van der Waals surface area contributed by atoms with Gasteiger partial charge in [0.25, 0.3) is 0 Å². The summed E-state index contributed by atoms with van der Waals surface area (Å²) in [6, 6.07) is 142. The highest BCUT2D eigenvalue weighted by Gasteiger charge is 2.44. The Balaban J connectivity index is 0.000000105. The van der Waals surface area contributed by atoms with Crippen molar-refractivity contribution in [2.45, 2.75) is 189 Å². The lowest BCUT2D eigenvalue weighted by atomic mass is 9.67. The maximum atomic E-state index is 4.90. The first-order chi connectivity index (χ1) is 68.0. The molecule has 4 aliphatic carbocycles. The maximum Gasteiger partial charge on any atom is 0.145 e. The molecule has 21 aromatic rings. The fourth-order valence-corrected chi connectivity index (χ4v) is 22.6. The van der Waals surface area contributed by atoms with Crippen LogP contribution in [-0.2, 0) is 10.8 Å². The Bertz CT molecular complexity index is 7880. The SMILES string of the molecule is CC(C)C1=CC(C)(C)c2ccccc21.CC(C)c1ccc(-c2nc3ccccc3n2-c2ccccc2)cc1.CC(C)c1ccc(-c2nc3ccccc3s2)cc1.CC(C)c1ccc(-n2c3ccccc3c3ccccc32)cc1.CC(C)c1ccc2c(c1)C1(CCCCC1)c1ccccc1-2.CC(C)c1ccc2c(c1)c1ccccc1n2-c1ccccc1.CC(C)c1ccc2c3c(cccc13)-c1ccccc1-2. The number of imidazole rings is 1. The molecular formula is C134H131N5S. The van der Waals surface area contributed by atoms with Crippen LogP contribution in [0.15, 0.2) is 400 Å². The van der Waals surface area contributed by atoms with E-state index in [0.29, 0.717) is 46.8 Å². The summed E-state index contributed by atoms with van der Waals surface area (Å²) in [6.07, 6.45) is 9.24. The Morgan fingerprint density at radius 3 is 1.23 bits per heavy atom. The Labute approximate surface area is 833 Å². The smallest absolute Gasteiger partial charge is 0.145 e. The first-order valence-electron chi connectivity index (χ1n) is 51.0. The number of benzene rings is 17. The Morgan fingerprint density at radius 2 is 0.671 bits per heavy atom. The Kier molecular flexibility index (Phi) is 27.7. The van der Waals surface area contributed by atoms with Gasteiger partial charge in [0, 0.05) is 60.6 Å². The van der Waals surface area contributed by atoms with E-state index in [0.717, 1.165) is 38.6 Å². The van der Waals surface area contributed by atoms with Gasteiger partial charge in [0.05, 0.1) is 43.3 Å². The second kappa shape index (κ2) is 41.0. The largest absolute Gasteiger partial charge is 0.309 e. The van der Waals surface area contributed by atoms with Crippen LogP contribution in [-0.4, -0.2) is 23.7 Å². The lowest BCUT2D eigenvalue weighted by molar-refractivity contribution is 0.352. The van der Waals surface area contributed by atoms with Gasteiger partial charge in [0.1, 0.15) is 10.8 Å². The van der Waals surface area contributed by atoms with E-state index in [2.05, 4.69) is 512 Å². The fourth-order valence-electron chi connectivity index (χ4n) is 21.7. The highest BCUT2D eigenvalue weighted by molar-refractivity contribution is 7.21. The van der Waals surface area contributed by atoms with Gasteiger partial charge in [0.15, 0.2) is 0 Å². The molecule has 0 saturated heterocycles. The standard InChI is InChI=1S/C22H20N2.2C21H19N.C21H24.C19H16.C16H15NS.C14H18/c1-16(2)17-12-14-18(15-13-17)22-23-20-10-6-7-11-21(20)24(22)19-8-4-3-5-9-19;1-15(2)16-11-13-17(14-12-16)22-20-9-5-3-7-18(20)19-8-4-6-10-21(19)22;1-15(2)16-12-13-21-19(14-16)18-10-6-7-11-20(18)22(21)17-8-4-3-5-9-17;1-15(2)16-10-11-18-17-8-4-5-9-19(17)21(20(18)14-16)12-6-3-7-13-21;1-12(2)13-10-11-18-15-7-4-3-6-14(15)17-9-5-8-16(13)19(17)18;1-11(2)12-7-9-13(10-8-12)16-17-14-5-3-4-6-15(14)18-16;1-10(2)12-9-14(3,4)13-8-6-5-7-11(12)13/h3-16H,1-2H3;2*3-15H,1-2H3;4-5,8-11,14-15H,3,6-7,12-13H2,1-2H3;3-12H,1-2H3;3-11H,1-2H3;5-10H,1-4H3. The molecular weight excluding hydrogens is 1710 g/mol. The molecule has 1 saturated carbocycles. The highest BCUT2D eigenvalue weighted by Crippen LogP contribution is 2.57. The van der Waals surface area contributed by atoms with Crippen molar-refractivity contribution in [1.29, 1.82) is 0 Å². The summed E-state index contributed by atoms with van der Waals surface area (Å²) >= 11 is 1.75. The molecule has 1 fully saturated rings. The van der Waals surface area contributed by atoms with Crippen LogP contribution in [0.1, 0.15) is 234 Å². The summed E-state index contributed by atoms with van der Waals surface area (Å²) in [4.78, 5) is 9.57. The molecule has 0 atom stereocenters. The molecule has 4 aromatic heterocycles. The van der Waals surface area contributed by atoms with Crippen molar-refractivity contribution in [1.82, 2.24) is 23.7 Å². The molecule has 17 aromatic carbocycles. The van der Waals surface area contributed by atoms with Crippen LogP contribution in [0.3, 0.4) is 0 Å². The van der Waals surface area contributed by atoms with Gasteiger partial charge in [-0.3, -0.25) is 4.57 Å². The van der Waals surface area contributed by atoms with Gasteiger partial charge in [-0.15, -0.1) is 11.3 Å². The lowest BCUT2D eigenvalue weighted by Gasteiger charge is -2.36. The zero-order valence-corrected chi connectivity index (χ0v) is 85.1. The molecule has 4 aliphatic rings. The van der Waals surface area contributed by atoms with Crippen LogP contribution < -0.4 is 0 Å². The van der Waals surface area contributed by atoms with Gasteiger partial charge < -0.3 is 9.13 Å². The van der Waals surface area contributed by atoms with Gasteiger partial charge in [-0.25, -0.2) is 9.97 Å². The normalized spacial score (nSPS) is 13.3. The summed E-state index contributed by atoms with van der Waals surface area (Å²) in [7, 11) is 0. The van der Waals surface area contributed by atoms with Gasteiger partial charge in [-0.2, -0.15) is 0 Å². The summed E-state index contributed by atoms with van der Waals surface area (Å²) in [5.74, 6) is 5.00. The van der Waals surface area contributed by atoms with Crippen molar-refractivity contribution in [2.24, 2.45) is 5.92 Å². The third-order valence-corrected chi connectivity index (χ3v) is 30.3. The molecule has 0 amide bonds. The number of rotatable bonds is 12. The number of aromatic nitrogens is 5. The first-order valence-corrected chi connectivity index (χ1v) is 51.8. The summed E-state index contributed by atoms with van der Waals surface area (Å²) < 4.78 is 8.20. The van der Waals surface area contributed by atoms with E-state index in [4.69, 9.17) is 4.98 Å². The van der Waals surface area contributed by atoms with Crippen LogP contribution in [0.25, 0.3) is 154 Å². The second-order valence-corrected chi connectivity index (χ2v) is 42.2. The number of fused-ring (bicyclic) bond motifs is 17. The van der Waals surface area contributed by atoms with Crippen LogP contribution in [0.4, 0.5) is 0 Å². The molecule has 4 heterocycles.